The number of fused-ring (bicyclic) bond motifs is 1. The minimum Gasteiger partial charge on any atom is -0.495 e. The zero-order chi connectivity index (χ0) is 18.4. The summed E-state index contributed by atoms with van der Waals surface area (Å²) in [6, 6.07) is 3.70. The van der Waals surface area contributed by atoms with Crippen molar-refractivity contribution in [1.29, 1.82) is 0 Å². The first-order valence-corrected chi connectivity index (χ1v) is 11.4. The van der Waals surface area contributed by atoms with Crippen LogP contribution in [0, 0.1) is 0 Å². The quantitative estimate of drug-likeness (QED) is 0.699. The number of hydrogen-bond acceptors (Lipinski definition) is 4. The Morgan fingerprint density at radius 1 is 1.04 bits per heavy atom. The molecule has 26 heavy (non-hydrogen) atoms. The number of rotatable bonds is 8. The van der Waals surface area contributed by atoms with Gasteiger partial charge in [-0.25, -0.2) is 13.1 Å². The Balaban J connectivity index is 1.55. The zero-order valence-corrected chi connectivity index (χ0v) is 16.6. The van der Waals surface area contributed by atoms with E-state index in [4.69, 9.17) is 9.47 Å². The minimum atomic E-state index is -3.57. The first-order valence-electron chi connectivity index (χ1n) is 9.91. The fourth-order valence-electron chi connectivity index (χ4n) is 3.95. The van der Waals surface area contributed by atoms with Crippen LogP contribution in [0.1, 0.15) is 62.5 Å². The molecule has 0 radical (unpaired) electrons. The van der Waals surface area contributed by atoms with Crippen molar-refractivity contribution >= 4 is 10.0 Å². The standard InChI is InChI=1S/C20H31NO4S/c1-24-19-14-16-8-5-6-9-17(16)15-20(19)26(22,23)21-12-7-13-25-18-10-3-2-4-11-18/h14-15,18,21H,2-13H2,1H3. The van der Waals surface area contributed by atoms with Gasteiger partial charge in [-0.05, 0) is 68.2 Å². The molecule has 1 aromatic rings. The van der Waals surface area contributed by atoms with Gasteiger partial charge >= 0.3 is 0 Å². The van der Waals surface area contributed by atoms with Crippen molar-refractivity contribution in [2.24, 2.45) is 0 Å². The predicted octanol–water partition coefficient (Wildman–Crippen LogP) is 3.59. The molecule has 1 saturated carbocycles. The van der Waals surface area contributed by atoms with Crippen LogP contribution in [-0.4, -0.2) is 34.8 Å². The van der Waals surface area contributed by atoms with Crippen LogP contribution in [0.5, 0.6) is 5.75 Å². The fourth-order valence-corrected chi connectivity index (χ4v) is 5.22. The largest absolute Gasteiger partial charge is 0.495 e. The van der Waals surface area contributed by atoms with E-state index in [1.165, 1.54) is 31.9 Å². The molecular weight excluding hydrogens is 350 g/mol. The molecule has 1 aromatic carbocycles. The van der Waals surface area contributed by atoms with Gasteiger partial charge in [0.15, 0.2) is 0 Å². The summed E-state index contributed by atoms with van der Waals surface area (Å²) in [7, 11) is -2.04. The predicted molar refractivity (Wildman–Crippen MR) is 102 cm³/mol. The molecule has 0 heterocycles. The lowest BCUT2D eigenvalue weighted by Gasteiger charge is -2.22. The average Bonchev–Trinajstić information content (AvgIpc) is 2.67. The van der Waals surface area contributed by atoms with E-state index < -0.39 is 10.0 Å². The molecule has 0 saturated heterocycles. The molecule has 0 atom stereocenters. The van der Waals surface area contributed by atoms with E-state index >= 15 is 0 Å². The lowest BCUT2D eigenvalue weighted by molar-refractivity contribution is 0.0278. The maximum absolute atomic E-state index is 12.7. The van der Waals surface area contributed by atoms with Crippen molar-refractivity contribution in [3.63, 3.8) is 0 Å². The molecule has 146 valence electrons. The van der Waals surface area contributed by atoms with Crippen LogP contribution in [0.3, 0.4) is 0 Å². The van der Waals surface area contributed by atoms with Crippen LogP contribution in [0.25, 0.3) is 0 Å². The second-order valence-electron chi connectivity index (χ2n) is 7.36. The highest BCUT2D eigenvalue weighted by Gasteiger charge is 2.23. The van der Waals surface area contributed by atoms with Gasteiger partial charge in [0.1, 0.15) is 10.6 Å². The molecular formula is C20H31NO4S. The van der Waals surface area contributed by atoms with Crippen molar-refractivity contribution in [3.8, 4) is 5.75 Å². The highest BCUT2D eigenvalue weighted by molar-refractivity contribution is 7.89. The van der Waals surface area contributed by atoms with Gasteiger partial charge in [0, 0.05) is 13.2 Å². The average molecular weight is 382 g/mol. The highest BCUT2D eigenvalue weighted by Crippen LogP contribution is 2.31. The number of nitrogens with one attached hydrogen (secondary N) is 1. The number of sulfonamides is 1. The third kappa shape index (κ3) is 4.99. The van der Waals surface area contributed by atoms with E-state index in [2.05, 4.69) is 4.72 Å². The Morgan fingerprint density at radius 2 is 1.73 bits per heavy atom. The Labute approximate surface area is 157 Å². The molecule has 0 bridgehead atoms. The second kappa shape index (κ2) is 9.20. The van der Waals surface area contributed by atoms with Gasteiger partial charge in [0.25, 0.3) is 0 Å². The second-order valence-corrected chi connectivity index (χ2v) is 9.10. The third-order valence-electron chi connectivity index (χ3n) is 5.44. The Bertz CT molecular complexity index is 696. The Morgan fingerprint density at radius 3 is 2.42 bits per heavy atom. The number of methoxy groups -OCH3 is 1. The lowest BCUT2D eigenvalue weighted by atomic mass is 9.92. The van der Waals surface area contributed by atoms with Gasteiger partial charge in [-0.2, -0.15) is 0 Å². The Hall–Kier alpha value is -1.11. The molecule has 1 N–H and O–H groups in total. The molecule has 0 unspecified atom stereocenters. The molecule has 1 fully saturated rings. The molecule has 0 aliphatic heterocycles. The highest BCUT2D eigenvalue weighted by atomic mass is 32.2. The van der Waals surface area contributed by atoms with Crippen molar-refractivity contribution in [2.45, 2.75) is 75.2 Å². The maximum atomic E-state index is 12.7. The summed E-state index contributed by atoms with van der Waals surface area (Å²) in [5, 5.41) is 0. The molecule has 6 heteroatoms. The van der Waals surface area contributed by atoms with Crippen LogP contribution in [0.4, 0.5) is 0 Å². The van der Waals surface area contributed by atoms with Gasteiger partial charge in [0.2, 0.25) is 10.0 Å². The number of hydrogen-bond donors (Lipinski definition) is 1. The topological polar surface area (TPSA) is 64.6 Å². The number of ether oxygens (including phenoxy) is 2. The third-order valence-corrected chi connectivity index (χ3v) is 6.92. The lowest BCUT2D eigenvalue weighted by Crippen LogP contribution is -2.27. The van der Waals surface area contributed by atoms with Gasteiger partial charge in [-0.1, -0.05) is 19.3 Å². The molecule has 0 aromatic heterocycles. The van der Waals surface area contributed by atoms with Gasteiger partial charge < -0.3 is 9.47 Å². The van der Waals surface area contributed by atoms with Crippen LogP contribution >= 0.6 is 0 Å². The summed E-state index contributed by atoms with van der Waals surface area (Å²) in [5.41, 5.74) is 2.35. The van der Waals surface area contributed by atoms with Gasteiger partial charge in [0.05, 0.1) is 13.2 Å². The molecule has 0 amide bonds. The van der Waals surface area contributed by atoms with E-state index in [0.717, 1.165) is 44.1 Å². The molecule has 2 aliphatic carbocycles. The summed E-state index contributed by atoms with van der Waals surface area (Å²) in [6.07, 6.45) is 11.3. The van der Waals surface area contributed by atoms with E-state index in [0.29, 0.717) is 31.4 Å². The summed E-state index contributed by atoms with van der Waals surface area (Å²) in [6.45, 7) is 0.990. The van der Waals surface area contributed by atoms with Gasteiger partial charge in [-0.3, -0.25) is 0 Å². The maximum Gasteiger partial charge on any atom is 0.244 e. The normalized spacial score (nSPS) is 18.5. The molecule has 0 spiro atoms. The van der Waals surface area contributed by atoms with Crippen LogP contribution in [0.15, 0.2) is 17.0 Å². The Kier molecular flexibility index (Phi) is 6.95. The van der Waals surface area contributed by atoms with E-state index in [1.807, 2.05) is 6.07 Å². The van der Waals surface area contributed by atoms with Crippen molar-refractivity contribution < 1.29 is 17.9 Å². The monoisotopic (exact) mass is 381 g/mol. The summed E-state index contributed by atoms with van der Waals surface area (Å²) in [5.74, 6) is 0.441. The summed E-state index contributed by atoms with van der Waals surface area (Å²) >= 11 is 0. The van der Waals surface area contributed by atoms with E-state index in [-0.39, 0.29) is 4.90 Å². The van der Waals surface area contributed by atoms with E-state index in [1.54, 1.807) is 6.07 Å². The van der Waals surface area contributed by atoms with Crippen LogP contribution in [-0.2, 0) is 27.6 Å². The zero-order valence-electron chi connectivity index (χ0n) is 15.8. The van der Waals surface area contributed by atoms with Crippen molar-refractivity contribution in [3.05, 3.63) is 23.3 Å². The number of benzene rings is 1. The minimum absolute atomic E-state index is 0.258. The number of aryl methyl sites for hydroxylation is 2. The van der Waals surface area contributed by atoms with E-state index in [9.17, 15) is 8.42 Å². The van der Waals surface area contributed by atoms with Gasteiger partial charge in [-0.15, -0.1) is 0 Å². The van der Waals surface area contributed by atoms with Crippen molar-refractivity contribution in [2.75, 3.05) is 20.3 Å². The first-order chi connectivity index (χ1) is 12.6. The smallest absolute Gasteiger partial charge is 0.244 e. The van der Waals surface area contributed by atoms with Crippen LogP contribution < -0.4 is 9.46 Å². The summed E-state index contributed by atoms with van der Waals surface area (Å²) < 4.78 is 39.4. The summed E-state index contributed by atoms with van der Waals surface area (Å²) in [4.78, 5) is 0.258. The fraction of sp³-hybridized carbons (Fsp3) is 0.700. The van der Waals surface area contributed by atoms with Crippen molar-refractivity contribution in [1.82, 2.24) is 4.72 Å². The first kappa shape index (κ1) is 19.6. The molecule has 3 rings (SSSR count). The molecule has 2 aliphatic rings. The SMILES string of the molecule is COc1cc2c(cc1S(=O)(=O)NCCCOC1CCCCC1)CCCC2. The van der Waals surface area contributed by atoms with Crippen LogP contribution in [0.2, 0.25) is 0 Å². The molecule has 5 nitrogen and oxygen atoms in total.